The highest BCUT2D eigenvalue weighted by Gasteiger charge is 2.29. The van der Waals surface area contributed by atoms with Gasteiger partial charge < -0.3 is 15.4 Å². The van der Waals surface area contributed by atoms with Crippen LogP contribution in [0.3, 0.4) is 0 Å². The predicted molar refractivity (Wildman–Crippen MR) is 111 cm³/mol. The van der Waals surface area contributed by atoms with Crippen LogP contribution in [0.4, 0.5) is 10.5 Å². The number of methoxy groups -OCH3 is 1. The number of aromatic nitrogens is 1. The second-order valence-corrected chi connectivity index (χ2v) is 9.09. The van der Waals surface area contributed by atoms with E-state index in [1.54, 1.807) is 36.5 Å². The number of hydrogen-bond donors (Lipinski definition) is 2. The summed E-state index contributed by atoms with van der Waals surface area (Å²) in [4.78, 5) is 16.3. The van der Waals surface area contributed by atoms with Crippen molar-refractivity contribution in [2.24, 2.45) is 5.92 Å². The van der Waals surface area contributed by atoms with Crippen LogP contribution in [0, 0.1) is 5.92 Å². The van der Waals surface area contributed by atoms with Gasteiger partial charge in [-0.15, -0.1) is 0 Å². The van der Waals surface area contributed by atoms with Gasteiger partial charge in [-0.3, -0.25) is 4.98 Å². The van der Waals surface area contributed by atoms with Crippen LogP contribution in [-0.4, -0.2) is 50.5 Å². The number of pyridine rings is 1. The first-order chi connectivity index (χ1) is 13.9. The molecule has 1 aliphatic rings. The molecule has 10 heteroatoms. The van der Waals surface area contributed by atoms with Gasteiger partial charge in [-0.1, -0.05) is 11.6 Å². The number of sulfonamides is 1. The summed E-state index contributed by atoms with van der Waals surface area (Å²) in [6.07, 6.45) is 4.24. The third kappa shape index (κ3) is 5.37. The van der Waals surface area contributed by atoms with Crippen molar-refractivity contribution in [3.8, 4) is 5.75 Å². The minimum absolute atomic E-state index is 0.197. The molecule has 3 rings (SSSR count). The van der Waals surface area contributed by atoms with Gasteiger partial charge in [0.15, 0.2) is 0 Å². The van der Waals surface area contributed by atoms with Gasteiger partial charge in [0.05, 0.1) is 12.8 Å². The Hall–Kier alpha value is -2.36. The van der Waals surface area contributed by atoms with Crippen molar-refractivity contribution in [1.29, 1.82) is 0 Å². The molecule has 1 aromatic heterocycles. The molecule has 2 N–H and O–H groups in total. The lowest BCUT2D eigenvalue weighted by molar-refractivity contribution is 0.240. The second-order valence-electron chi connectivity index (χ2n) is 6.72. The van der Waals surface area contributed by atoms with Crippen molar-refractivity contribution in [2.45, 2.75) is 17.7 Å². The highest BCUT2D eigenvalue weighted by Crippen LogP contribution is 2.27. The summed E-state index contributed by atoms with van der Waals surface area (Å²) in [6.45, 7) is 1.27. The number of carbonyl (C=O) groups excluding carboxylic acids is 1. The zero-order chi connectivity index (χ0) is 20.9. The van der Waals surface area contributed by atoms with E-state index in [1.807, 2.05) is 0 Å². The highest BCUT2D eigenvalue weighted by molar-refractivity contribution is 7.89. The van der Waals surface area contributed by atoms with E-state index in [0.717, 1.165) is 0 Å². The van der Waals surface area contributed by atoms with Gasteiger partial charge in [0.2, 0.25) is 10.0 Å². The summed E-state index contributed by atoms with van der Waals surface area (Å²) < 4.78 is 31.9. The molecule has 2 aromatic rings. The Labute approximate surface area is 175 Å². The van der Waals surface area contributed by atoms with Crippen LogP contribution in [0.2, 0.25) is 5.02 Å². The van der Waals surface area contributed by atoms with Gasteiger partial charge in [0.1, 0.15) is 10.6 Å². The quantitative estimate of drug-likeness (QED) is 0.722. The van der Waals surface area contributed by atoms with Gasteiger partial charge in [0, 0.05) is 37.1 Å². The average Bonchev–Trinajstić information content (AvgIpc) is 2.73. The monoisotopic (exact) mass is 438 g/mol. The Morgan fingerprint density at radius 3 is 2.72 bits per heavy atom. The van der Waals surface area contributed by atoms with E-state index >= 15 is 0 Å². The molecule has 2 amide bonds. The van der Waals surface area contributed by atoms with Crippen LogP contribution in [0.5, 0.6) is 5.75 Å². The molecule has 0 aliphatic carbocycles. The Morgan fingerprint density at radius 2 is 2.07 bits per heavy atom. The summed E-state index contributed by atoms with van der Waals surface area (Å²) in [5.41, 5.74) is 0.481. The maximum atomic E-state index is 12.6. The highest BCUT2D eigenvalue weighted by atomic mass is 35.5. The van der Waals surface area contributed by atoms with E-state index in [2.05, 4.69) is 15.6 Å². The molecule has 8 nitrogen and oxygen atoms in total. The molecule has 1 aromatic carbocycles. The lowest BCUT2D eigenvalue weighted by Crippen LogP contribution is -2.42. The van der Waals surface area contributed by atoms with Crippen molar-refractivity contribution >= 4 is 33.3 Å². The third-order valence-corrected chi connectivity index (χ3v) is 6.92. The normalized spacial score (nSPS) is 15.7. The topological polar surface area (TPSA) is 101 Å². The fourth-order valence-electron chi connectivity index (χ4n) is 3.18. The molecule has 0 saturated carbocycles. The number of halogens is 1. The standard InChI is InChI=1S/C19H23ClN4O4S/c1-28-18-5-4-15(20)11-17(18)23-19(25)22-12-14-6-9-24(10-7-14)29(26,27)16-3-2-8-21-13-16/h2-5,8,11,13-14H,6-7,9-10,12H2,1H3,(H2,22,23,25). The molecule has 1 fully saturated rings. The number of carbonyl (C=O) groups is 1. The molecule has 1 saturated heterocycles. The summed E-state index contributed by atoms with van der Waals surface area (Å²) in [6, 6.07) is 7.76. The Bertz CT molecular complexity index is 948. The number of nitrogens with one attached hydrogen (secondary N) is 2. The first-order valence-electron chi connectivity index (χ1n) is 9.18. The van der Waals surface area contributed by atoms with Crippen LogP contribution in [0.15, 0.2) is 47.6 Å². The number of hydrogen-bond acceptors (Lipinski definition) is 5. The van der Waals surface area contributed by atoms with Crippen molar-refractivity contribution in [2.75, 3.05) is 32.1 Å². The number of amides is 2. The van der Waals surface area contributed by atoms with Crippen molar-refractivity contribution in [3.05, 3.63) is 47.7 Å². The smallest absolute Gasteiger partial charge is 0.319 e. The maximum Gasteiger partial charge on any atom is 0.319 e. The van der Waals surface area contributed by atoms with Crippen LogP contribution >= 0.6 is 11.6 Å². The molecular weight excluding hydrogens is 416 g/mol. The first-order valence-corrected chi connectivity index (χ1v) is 11.0. The minimum atomic E-state index is -3.52. The Morgan fingerprint density at radius 1 is 1.31 bits per heavy atom. The summed E-state index contributed by atoms with van der Waals surface area (Å²) in [5, 5.41) is 6.04. The van der Waals surface area contributed by atoms with Gasteiger partial charge in [-0.05, 0) is 49.1 Å². The number of anilines is 1. The van der Waals surface area contributed by atoms with Gasteiger partial charge in [0.25, 0.3) is 0 Å². The fourth-order valence-corrected chi connectivity index (χ4v) is 4.79. The number of piperidine rings is 1. The van der Waals surface area contributed by atoms with Crippen molar-refractivity contribution in [3.63, 3.8) is 0 Å². The number of benzene rings is 1. The molecule has 0 radical (unpaired) electrons. The minimum Gasteiger partial charge on any atom is -0.495 e. The summed E-state index contributed by atoms with van der Waals surface area (Å²) >= 11 is 5.97. The van der Waals surface area contributed by atoms with Crippen LogP contribution < -0.4 is 15.4 Å². The van der Waals surface area contributed by atoms with E-state index < -0.39 is 10.0 Å². The molecule has 0 bridgehead atoms. The molecule has 156 valence electrons. The molecule has 29 heavy (non-hydrogen) atoms. The SMILES string of the molecule is COc1ccc(Cl)cc1NC(=O)NCC1CCN(S(=O)(=O)c2cccnc2)CC1. The number of nitrogens with zero attached hydrogens (tertiary/aromatic N) is 2. The summed E-state index contributed by atoms with van der Waals surface area (Å²) in [7, 11) is -2.01. The molecule has 0 atom stereocenters. The molecule has 0 spiro atoms. The maximum absolute atomic E-state index is 12.6. The van der Waals surface area contributed by atoms with E-state index in [1.165, 1.54) is 17.6 Å². The van der Waals surface area contributed by atoms with Crippen molar-refractivity contribution in [1.82, 2.24) is 14.6 Å². The zero-order valence-electron chi connectivity index (χ0n) is 16.0. The second kappa shape index (κ2) is 9.43. The Kier molecular flexibility index (Phi) is 6.94. The van der Waals surface area contributed by atoms with Crippen LogP contribution in [0.25, 0.3) is 0 Å². The fraction of sp³-hybridized carbons (Fsp3) is 0.368. The van der Waals surface area contributed by atoms with E-state index in [4.69, 9.17) is 16.3 Å². The molecule has 2 heterocycles. The average molecular weight is 439 g/mol. The lowest BCUT2D eigenvalue weighted by atomic mass is 9.98. The van der Waals surface area contributed by atoms with Crippen LogP contribution in [0.1, 0.15) is 12.8 Å². The first kappa shape index (κ1) is 21.4. The van der Waals surface area contributed by atoms with Gasteiger partial charge in [-0.2, -0.15) is 4.31 Å². The molecule has 0 unspecified atom stereocenters. The molecular formula is C19H23ClN4O4S. The summed E-state index contributed by atoms with van der Waals surface area (Å²) in [5.74, 6) is 0.709. The molecule has 1 aliphatic heterocycles. The van der Waals surface area contributed by atoms with Crippen molar-refractivity contribution < 1.29 is 17.9 Å². The van der Waals surface area contributed by atoms with Gasteiger partial charge in [-0.25, -0.2) is 13.2 Å². The largest absolute Gasteiger partial charge is 0.495 e. The van der Waals surface area contributed by atoms with E-state index in [0.29, 0.717) is 48.9 Å². The lowest BCUT2D eigenvalue weighted by Gasteiger charge is -2.31. The predicted octanol–water partition coefficient (Wildman–Crippen LogP) is 2.97. The van der Waals surface area contributed by atoms with E-state index in [-0.39, 0.29) is 16.8 Å². The zero-order valence-corrected chi connectivity index (χ0v) is 17.5. The van der Waals surface area contributed by atoms with Crippen LogP contribution in [-0.2, 0) is 10.0 Å². The third-order valence-electron chi connectivity index (χ3n) is 4.81. The van der Waals surface area contributed by atoms with Gasteiger partial charge >= 0.3 is 6.03 Å². The Balaban J connectivity index is 1.49. The van der Waals surface area contributed by atoms with E-state index in [9.17, 15) is 13.2 Å². The number of rotatable bonds is 6. The number of ether oxygens (including phenoxy) is 1. The number of urea groups is 1.